The number of carbonyl (C=O) groups excluding carboxylic acids is 1. The van der Waals surface area contributed by atoms with Crippen LogP contribution in [0.2, 0.25) is 10.0 Å². The maximum absolute atomic E-state index is 11.1. The summed E-state index contributed by atoms with van der Waals surface area (Å²) in [5, 5.41) is 4.74. The van der Waals surface area contributed by atoms with Crippen molar-refractivity contribution in [2.24, 2.45) is 5.73 Å². The van der Waals surface area contributed by atoms with Crippen LogP contribution in [0.15, 0.2) is 48.5 Å². The number of amides is 1. The fraction of sp³-hybridized carbons (Fsp3) is 0.182. The Labute approximate surface area is 173 Å². The van der Waals surface area contributed by atoms with Crippen LogP contribution >= 0.6 is 23.2 Å². The molecule has 0 radical (unpaired) electrons. The van der Waals surface area contributed by atoms with Gasteiger partial charge in [-0.3, -0.25) is 9.78 Å². The molecule has 4 rings (SSSR count). The number of nitrogens with zero attached hydrogens (tertiary/aromatic N) is 1. The summed E-state index contributed by atoms with van der Waals surface area (Å²) in [5.41, 5.74) is 12.1. The van der Waals surface area contributed by atoms with Crippen LogP contribution in [-0.2, 0) is 24.1 Å². The fourth-order valence-corrected chi connectivity index (χ4v) is 3.94. The molecule has 1 aliphatic rings. The first-order valence-electron chi connectivity index (χ1n) is 9.12. The summed E-state index contributed by atoms with van der Waals surface area (Å²) in [7, 11) is 0. The maximum atomic E-state index is 11.1. The minimum atomic E-state index is -0.337. The number of fused-ring (bicyclic) bond motifs is 1. The standard InChI is InChI=1S/C22H19Cl2N3O/c23-14-6-9-18(24)17(11-14)21-12-20(16-2-1-3-19(16)27-21)26-15-7-4-13(5-8-15)10-22(25)28/h4-9,11-12H,1-3,10H2,(H2,25,28)(H,26,27). The SMILES string of the molecule is NC(=O)Cc1ccc(Nc2cc(-c3cc(Cl)ccc3Cl)nc3c2CCC3)cc1. The molecular formula is C22H19Cl2N3O. The van der Waals surface area contributed by atoms with Crippen molar-refractivity contribution in [1.82, 2.24) is 4.98 Å². The number of aryl methyl sites for hydroxylation is 1. The molecule has 28 heavy (non-hydrogen) atoms. The third-order valence-corrected chi connectivity index (χ3v) is 5.43. The monoisotopic (exact) mass is 411 g/mol. The van der Waals surface area contributed by atoms with Crippen LogP contribution in [-0.4, -0.2) is 10.9 Å². The molecule has 0 bridgehead atoms. The predicted molar refractivity (Wildman–Crippen MR) is 114 cm³/mol. The topological polar surface area (TPSA) is 68.0 Å². The summed E-state index contributed by atoms with van der Waals surface area (Å²) in [6.45, 7) is 0. The number of anilines is 2. The minimum absolute atomic E-state index is 0.238. The van der Waals surface area contributed by atoms with Gasteiger partial charge in [-0.05, 0) is 66.8 Å². The van der Waals surface area contributed by atoms with E-state index in [0.717, 1.165) is 53.2 Å². The van der Waals surface area contributed by atoms with Crippen molar-refractivity contribution in [3.63, 3.8) is 0 Å². The summed E-state index contributed by atoms with van der Waals surface area (Å²) in [6.07, 6.45) is 3.27. The van der Waals surface area contributed by atoms with Crippen LogP contribution in [0.3, 0.4) is 0 Å². The van der Waals surface area contributed by atoms with Crippen molar-refractivity contribution < 1.29 is 4.79 Å². The van der Waals surface area contributed by atoms with Crippen LogP contribution in [0.5, 0.6) is 0 Å². The molecule has 1 aromatic heterocycles. The number of benzene rings is 2. The number of nitrogens with two attached hydrogens (primary N) is 1. The third-order valence-electron chi connectivity index (χ3n) is 4.87. The molecule has 0 fully saturated rings. The fourth-order valence-electron chi connectivity index (χ4n) is 3.55. The molecule has 142 valence electrons. The number of carbonyl (C=O) groups is 1. The number of halogens is 2. The highest BCUT2D eigenvalue weighted by atomic mass is 35.5. The van der Waals surface area contributed by atoms with Gasteiger partial charge in [-0.2, -0.15) is 0 Å². The molecule has 1 heterocycles. The molecule has 1 amide bonds. The van der Waals surface area contributed by atoms with Gasteiger partial charge in [0.25, 0.3) is 0 Å². The Morgan fingerprint density at radius 1 is 1.07 bits per heavy atom. The molecule has 0 saturated heterocycles. The average Bonchev–Trinajstić information content (AvgIpc) is 3.14. The van der Waals surface area contributed by atoms with E-state index in [1.165, 1.54) is 5.56 Å². The van der Waals surface area contributed by atoms with E-state index in [-0.39, 0.29) is 12.3 Å². The normalized spacial score (nSPS) is 12.6. The highest BCUT2D eigenvalue weighted by Gasteiger charge is 2.19. The van der Waals surface area contributed by atoms with E-state index >= 15 is 0 Å². The minimum Gasteiger partial charge on any atom is -0.369 e. The number of nitrogens with one attached hydrogen (secondary N) is 1. The molecule has 3 N–H and O–H groups in total. The van der Waals surface area contributed by atoms with E-state index in [2.05, 4.69) is 5.32 Å². The van der Waals surface area contributed by atoms with E-state index in [1.54, 1.807) is 12.1 Å². The van der Waals surface area contributed by atoms with Crippen LogP contribution in [0.25, 0.3) is 11.3 Å². The predicted octanol–water partition coefficient (Wildman–Crippen LogP) is 5.32. The summed E-state index contributed by atoms with van der Waals surface area (Å²) < 4.78 is 0. The molecule has 6 heteroatoms. The Bertz CT molecular complexity index is 1050. The van der Waals surface area contributed by atoms with Crippen LogP contribution < -0.4 is 11.1 Å². The van der Waals surface area contributed by atoms with Crippen molar-refractivity contribution in [2.75, 3.05) is 5.32 Å². The van der Waals surface area contributed by atoms with Gasteiger partial charge in [0, 0.05) is 27.7 Å². The van der Waals surface area contributed by atoms with Crippen molar-refractivity contribution in [2.45, 2.75) is 25.7 Å². The van der Waals surface area contributed by atoms with Gasteiger partial charge in [0.05, 0.1) is 17.1 Å². The molecular weight excluding hydrogens is 393 g/mol. The van der Waals surface area contributed by atoms with Crippen LogP contribution in [0.1, 0.15) is 23.2 Å². The van der Waals surface area contributed by atoms with Gasteiger partial charge in [-0.1, -0.05) is 35.3 Å². The molecule has 1 aliphatic carbocycles. The van der Waals surface area contributed by atoms with Gasteiger partial charge >= 0.3 is 0 Å². The van der Waals surface area contributed by atoms with Crippen LogP contribution in [0, 0.1) is 0 Å². The highest BCUT2D eigenvalue weighted by molar-refractivity contribution is 6.35. The summed E-state index contributed by atoms with van der Waals surface area (Å²) >= 11 is 12.6. The van der Waals surface area contributed by atoms with Gasteiger partial charge in [0.2, 0.25) is 5.91 Å². The molecule has 3 aromatic rings. The molecule has 4 nitrogen and oxygen atoms in total. The smallest absolute Gasteiger partial charge is 0.221 e. The van der Waals surface area contributed by atoms with Crippen molar-refractivity contribution >= 4 is 40.5 Å². The van der Waals surface area contributed by atoms with E-state index in [4.69, 9.17) is 33.9 Å². The van der Waals surface area contributed by atoms with E-state index in [1.807, 2.05) is 36.4 Å². The lowest BCUT2D eigenvalue weighted by Gasteiger charge is -2.15. The zero-order valence-electron chi connectivity index (χ0n) is 15.1. The van der Waals surface area contributed by atoms with E-state index in [9.17, 15) is 4.79 Å². The van der Waals surface area contributed by atoms with Gasteiger partial charge in [-0.15, -0.1) is 0 Å². The molecule has 0 atom stereocenters. The number of hydrogen-bond acceptors (Lipinski definition) is 3. The Hall–Kier alpha value is -2.56. The summed E-state index contributed by atoms with van der Waals surface area (Å²) in [6, 6.07) is 15.1. The number of rotatable bonds is 5. The van der Waals surface area contributed by atoms with Crippen molar-refractivity contribution in [3.05, 3.63) is 75.4 Å². The molecule has 0 unspecified atom stereocenters. The van der Waals surface area contributed by atoms with E-state index < -0.39 is 0 Å². The second-order valence-electron chi connectivity index (χ2n) is 6.92. The quantitative estimate of drug-likeness (QED) is 0.596. The lowest BCUT2D eigenvalue weighted by Crippen LogP contribution is -2.13. The number of pyridine rings is 1. The largest absolute Gasteiger partial charge is 0.369 e. The Morgan fingerprint density at radius 2 is 1.86 bits per heavy atom. The Balaban J connectivity index is 1.70. The molecule has 0 spiro atoms. The van der Waals surface area contributed by atoms with Crippen molar-refractivity contribution in [1.29, 1.82) is 0 Å². The first-order valence-corrected chi connectivity index (χ1v) is 9.87. The number of aromatic nitrogens is 1. The number of hydrogen-bond donors (Lipinski definition) is 2. The number of primary amides is 1. The van der Waals surface area contributed by atoms with Crippen molar-refractivity contribution in [3.8, 4) is 11.3 Å². The second-order valence-corrected chi connectivity index (χ2v) is 7.77. The first kappa shape index (κ1) is 18.8. The molecule has 0 aliphatic heterocycles. The second kappa shape index (κ2) is 7.82. The summed E-state index contributed by atoms with van der Waals surface area (Å²) in [5.74, 6) is -0.337. The van der Waals surface area contributed by atoms with Gasteiger partial charge < -0.3 is 11.1 Å². The first-order chi connectivity index (χ1) is 13.5. The maximum Gasteiger partial charge on any atom is 0.221 e. The van der Waals surface area contributed by atoms with Gasteiger partial charge in [0.15, 0.2) is 0 Å². The lowest BCUT2D eigenvalue weighted by molar-refractivity contribution is -0.117. The highest BCUT2D eigenvalue weighted by Crippen LogP contribution is 2.36. The van der Waals surface area contributed by atoms with Gasteiger partial charge in [0.1, 0.15) is 0 Å². The zero-order valence-corrected chi connectivity index (χ0v) is 16.6. The van der Waals surface area contributed by atoms with E-state index in [0.29, 0.717) is 10.0 Å². The summed E-state index contributed by atoms with van der Waals surface area (Å²) in [4.78, 5) is 15.9. The average molecular weight is 412 g/mol. The van der Waals surface area contributed by atoms with Gasteiger partial charge in [-0.25, -0.2) is 0 Å². The Kier molecular flexibility index (Phi) is 5.25. The lowest BCUT2D eigenvalue weighted by atomic mass is 10.1. The molecule has 2 aromatic carbocycles. The third kappa shape index (κ3) is 3.98. The zero-order chi connectivity index (χ0) is 19.7. The molecule has 0 saturated carbocycles. The van der Waals surface area contributed by atoms with Crippen LogP contribution in [0.4, 0.5) is 11.4 Å². The Morgan fingerprint density at radius 3 is 2.61 bits per heavy atom.